The van der Waals surface area contributed by atoms with Crippen LogP contribution in [0.2, 0.25) is 10.0 Å². The molecule has 0 aromatic heterocycles. The predicted octanol–water partition coefficient (Wildman–Crippen LogP) is 5.37. The van der Waals surface area contributed by atoms with Crippen LogP contribution in [-0.4, -0.2) is 25.8 Å². The molecule has 8 nitrogen and oxygen atoms in total. The average Bonchev–Trinajstić information content (AvgIpc) is 2.76. The molecule has 0 heterocycles. The van der Waals surface area contributed by atoms with Gasteiger partial charge in [-0.05, 0) is 43.3 Å². The van der Waals surface area contributed by atoms with E-state index < -0.39 is 20.9 Å². The van der Waals surface area contributed by atoms with E-state index in [1.165, 1.54) is 34.6 Å². The largest absolute Gasteiger partial charge is 0.321 e. The number of nitro groups is 1. The van der Waals surface area contributed by atoms with Gasteiger partial charge in [-0.15, -0.1) is 0 Å². The maximum Gasteiger partial charge on any atom is 0.271 e. The molecule has 0 saturated carbocycles. The topological polar surface area (TPSA) is 110 Å². The highest BCUT2D eigenvalue weighted by atomic mass is 35.5. The van der Waals surface area contributed by atoms with E-state index in [0.29, 0.717) is 5.69 Å². The Bertz CT molecular complexity index is 1280. The van der Waals surface area contributed by atoms with Crippen molar-refractivity contribution in [1.29, 1.82) is 0 Å². The molecule has 0 fully saturated rings. The number of nitrogens with zero attached hydrogens (tertiary/aromatic N) is 2. The number of hydrogen-bond acceptors (Lipinski definition) is 5. The van der Waals surface area contributed by atoms with Crippen LogP contribution in [-0.2, 0) is 10.0 Å². The van der Waals surface area contributed by atoms with Crippen LogP contribution in [0.4, 0.5) is 17.1 Å². The van der Waals surface area contributed by atoms with Gasteiger partial charge in [0.1, 0.15) is 0 Å². The molecule has 1 N–H and O–H groups in total. The molecule has 0 bridgehead atoms. The molecule has 0 aliphatic carbocycles. The summed E-state index contributed by atoms with van der Waals surface area (Å²) in [6, 6.07) is 15.9. The Labute approximate surface area is 194 Å². The summed E-state index contributed by atoms with van der Waals surface area (Å²) < 4.78 is 27.7. The molecule has 3 aromatic carbocycles. The maximum absolute atomic E-state index is 13.2. The van der Waals surface area contributed by atoms with Gasteiger partial charge < -0.3 is 5.32 Å². The molecule has 3 rings (SSSR count). The lowest BCUT2D eigenvalue weighted by Gasteiger charge is -2.23. The van der Waals surface area contributed by atoms with Crippen molar-refractivity contribution in [2.45, 2.75) is 11.8 Å². The molecule has 0 aliphatic rings. The van der Waals surface area contributed by atoms with Crippen LogP contribution in [0.5, 0.6) is 0 Å². The molecule has 11 heteroatoms. The number of non-ortho nitro benzene ring substituents is 1. The van der Waals surface area contributed by atoms with E-state index in [4.69, 9.17) is 23.2 Å². The molecule has 0 aliphatic heterocycles. The van der Waals surface area contributed by atoms with Crippen molar-refractivity contribution >= 4 is 56.2 Å². The molecule has 0 unspecified atom stereocenters. The number of amides is 1. The first-order valence-corrected chi connectivity index (χ1v) is 11.5. The van der Waals surface area contributed by atoms with Crippen molar-refractivity contribution in [2.24, 2.45) is 0 Å². The number of carbonyl (C=O) groups is 1. The molecule has 0 atom stereocenters. The summed E-state index contributed by atoms with van der Waals surface area (Å²) >= 11 is 12.2. The number of benzene rings is 3. The number of rotatable bonds is 7. The lowest BCUT2D eigenvalue weighted by atomic mass is 10.2. The minimum absolute atomic E-state index is 0.0299. The standard InChI is InChI=1S/C21H17Cl2N3O5S/c1-2-25(14-6-4-3-5-7-14)32(30,31)16-9-10-18(22)17(13-16)21(27)24-20-11-8-15(26(28)29)12-19(20)23/h3-13H,2H2,1H3,(H,24,27). The first-order valence-electron chi connectivity index (χ1n) is 9.27. The number of halogens is 2. The van der Waals surface area contributed by atoms with Crippen molar-refractivity contribution in [2.75, 3.05) is 16.2 Å². The molecule has 1 amide bonds. The van der Waals surface area contributed by atoms with Gasteiger partial charge in [0.15, 0.2) is 0 Å². The molecule has 0 spiro atoms. The molecule has 0 radical (unpaired) electrons. The third-order valence-corrected chi connectivity index (χ3v) is 7.05. The van der Waals surface area contributed by atoms with Crippen molar-refractivity contribution in [3.63, 3.8) is 0 Å². The van der Waals surface area contributed by atoms with E-state index in [-0.39, 0.29) is 38.4 Å². The Hall–Kier alpha value is -3.14. The molecular formula is C21H17Cl2N3O5S. The fourth-order valence-corrected chi connectivity index (χ4v) is 4.89. The summed E-state index contributed by atoms with van der Waals surface area (Å²) in [6.07, 6.45) is 0. The van der Waals surface area contributed by atoms with Crippen molar-refractivity contribution < 1.29 is 18.1 Å². The molecular weight excluding hydrogens is 477 g/mol. The number of anilines is 2. The van der Waals surface area contributed by atoms with Crippen LogP contribution in [0.15, 0.2) is 71.6 Å². The lowest BCUT2D eigenvalue weighted by Crippen LogP contribution is -2.31. The van der Waals surface area contributed by atoms with Gasteiger partial charge in [-0.25, -0.2) is 8.42 Å². The monoisotopic (exact) mass is 493 g/mol. The van der Waals surface area contributed by atoms with Crippen LogP contribution in [0.3, 0.4) is 0 Å². The first kappa shape index (κ1) is 23.5. The van der Waals surface area contributed by atoms with E-state index in [1.807, 2.05) is 0 Å². The fraction of sp³-hybridized carbons (Fsp3) is 0.0952. The summed E-state index contributed by atoms with van der Waals surface area (Å²) in [5.74, 6) is -0.717. The van der Waals surface area contributed by atoms with Crippen LogP contribution in [0.25, 0.3) is 0 Å². The molecule has 3 aromatic rings. The van der Waals surface area contributed by atoms with Gasteiger partial charge in [-0.3, -0.25) is 19.2 Å². The number of nitro benzene ring substituents is 1. The lowest BCUT2D eigenvalue weighted by molar-refractivity contribution is -0.384. The van der Waals surface area contributed by atoms with Crippen molar-refractivity contribution in [3.8, 4) is 0 Å². The van der Waals surface area contributed by atoms with E-state index in [0.717, 1.165) is 6.07 Å². The number of sulfonamides is 1. The molecule has 166 valence electrons. The van der Waals surface area contributed by atoms with E-state index >= 15 is 0 Å². The molecule has 32 heavy (non-hydrogen) atoms. The smallest absolute Gasteiger partial charge is 0.271 e. The predicted molar refractivity (Wildman–Crippen MR) is 124 cm³/mol. The summed E-state index contributed by atoms with van der Waals surface area (Å²) in [4.78, 5) is 22.9. The van der Waals surface area contributed by atoms with Crippen molar-refractivity contribution in [1.82, 2.24) is 0 Å². The van der Waals surface area contributed by atoms with Gasteiger partial charge in [0.25, 0.3) is 21.6 Å². The van der Waals surface area contributed by atoms with Crippen molar-refractivity contribution in [3.05, 3.63) is 92.5 Å². The fourth-order valence-electron chi connectivity index (χ4n) is 2.96. The number of nitrogens with one attached hydrogen (secondary N) is 1. The second-order valence-corrected chi connectivity index (χ2v) is 9.20. The highest BCUT2D eigenvalue weighted by Crippen LogP contribution is 2.30. The molecule has 0 saturated heterocycles. The van der Waals surface area contributed by atoms with Gasteiger partial charge in [0.05, 0.1) is 36.8 Å². The van der Waals surface area contributed by atoms with Crippen LogP contribution in [0.1, 0.15) is 17.3 Å². The minimum Gasteiger partial charge on any atom is -0.321 e. The van der Waals surface area contributed by atoms with Gasteiger partial charge in [-0.2, -0.15) is 0 Å². The van der Waals surface area contributed by atoms with Gasteiger partial charge in [-0.1, -0.05) is 41.4 Å². The summed E-state index contributed by atoms with van der Waals surface area (Å²) in [5.41, 5.74) is 0.269. The normalized spacial score (nSPS) is 11.1. The maximum atomic E-state index is 13.2. The zero-order chi connectivity index (χ0) is 23.5. The van der Waals surface area contributed by atoms with E-state index in [9.17, 15) is 23.3 Å². The average molecular weight is 494 g/mol. The summed E-state index contributed by atoms with van der Waals surface area (Å²) in [7, 11) is -3.98. The van der Waals surface area contributed by atoms with Crippen LogP contribution >= 0.6 is 23.2 Å². The summed E-state index contributed by atoms with van der Waals surface area (Å²) in [5, 5.41) is 13.3. The van der Waals surface area contributed by atoms with Gasteiger partial charge >= 0.3 is 0 Å². The Morgan fingerprint density at radius 3 is 2.31 bits per heavy atom. The Balaban J connectivity index is 1.95. The van der Waals surface area contributed by atoms with Gasteiger partial charge in [0.2, 0.25) is 0 Å². The Morgan fingerprint density at radius 1 is 1.03 bits per heavy atom. The minimum atomic E-state index is -3.98. The zero-order valence-electron chi connectivity index (χ0n) is 16.7. The second kappa shape index (κ2) is 9.56. The number of para-hydroxylation sites is 1. The highest BCUT2D eigenvalue weighted by molar-refractivity contribution is 7.92. The Kier molecular flexibility index (Phi) is 7.02. The quantitative estimate of drug-likeness (QED) is 0.351. The Morgan fingerprint density at radius 2 is 1.72 bits per heavy atom. The SMILES string of the molecule is CCN(c1ccccc1)S(=O)(=O)c1ccc(Cl)c(C(=O)Nc2ccc([N+](=O)[O-])cc2Cl)c1. The zero-order valence-corrected chi connectivity index (χ0v) is 19.0. The van der Waals surface area contributed by atoms with E-state index in [1.54, 1.807) is 37.3 Å². The van der Waals surface area contributed by atoms with E-state index in [2.05, 4.69) is 5.32 Å². The third kappa shape index (κ3) is 4.85. The highest BCUT2D eigenvalue weighted by Gasteiger charge is 2.25. The summed E-state index contributed by atoms with van der Waals surface area (Å²) in [6.45, 7) is 1.87. The number of hydrogen-bond donors (Lipinski definition) is 1. The van der Waals surface area contributed by atoms with Crippen LogP contribution in [0, 0.1) is 10.1 Å². The number of carbonyl (C=O) groups excluding carboxylic acids is 1. The first-order chi connectivity index (χ1) is 15.1. The second-order valence-electron chi connectivity index (χ2n) is 6.52. The van der Waals surface area contributed by atoms with Crippen LogP contribution < -0.4 is 9.62 Å². The third-order valence-electron chi connectivity index (χ3n) is 4.51. The van der Waals surface area contributed by atoms with Gasteiger partial charge in [0, 0.05) is 18.7 Å².